The number of amides is 1. The summed E-state index contributed by atoms with van der Waals surface area (Å²) >= 11 is 0. The third-order valence-corrected chi connectivity index (χ3v) is 2.38. The standard InChI is InChI=1S/C13H15NO6/c15-7-11(6-12(17)18)14(9-16)13(19)20-8-10-4-2-1-3-5-10/h1-5,7,11,16H,6,8-9H2,(H,17,18)/t11-/m0/s1/i11D. The number of nitrogens with zero attached hydrogens (tertiary/aromatic N) is 1. The van der Waals surface area contributed by atoms with Gasteiger partial charge >= 0.3 is 12.1 Å². The minimum atomic E-state index is -2.42. The second kappa shape index (κ2) is 7.90. The van der Waals surface area contributed by atoms with Crippen molar-refractivity contribution in [1.82, 2.24) is 4.90 Å². The van der Waals surface area contributed by atoms with Crippen LogP contribution < -0.4 is 0 Å². The van der Waals surface area contributed by atoms with Gasteiger partial charge in [-0.2, -0.15) is 0 Å². The van der Waals surface area contributed by atoms with E-state index < -0.39 is 31.2 Å². The zero-order chi connectivity index (χ0) is 15.9. The minimum absolute atomic E-state index is 0.0267. The van der Waals surface area contributed by atoms with Crippen molar-refractivity contribution in [2.45, 2.75) is 19.0 Å². The first-order valence-electron chi connectivity index (χ1n) is 6.20. The largest absolute Gasteiger partial charge is 0.481 e. The van der Waals surface area contributed by atoms with Crippen LogP contribution in [0.5, 0.6) is 0 Å². The first-order chi connectivity index (χ1) is 9.92. The Bertz CT molecular complexity index is 509. The highest BCUT2D eigenvalue weighted by molar-refractivity contribution is 5.78. The molecule has 1 atom stereocenters. The molecular formula is C13H15NO6. The van der Waals surface area contributed by atoms with Crippen molar-refractivity contribution in [2.24, 2.45) is 0 Å². The molecule has 7 nitrogen and oxygen atoms in total. The average molecular weight is 282 g/mol. The van der Waals surface area contributed by atoms with Crippen LogP contribution in [0.2, 0.25) is 0 Å². The molecule has 0 aliphatic carbocycles. The van der Waals surface area contributed by atoms with Crippen molar-refractivity contribution in [1.29, 1.82) is 0 Å². The SMILES string of the molecule is [2H][C@@](C=O)(CC(=O)O)N(CO)C(=O)OCc1ccccc1. The molecule has 0 unspecified atom stereocenters. The third-order valence-electron chi connectivity index (χ3n) is 2.38. The van der Waals surface area contributed by atoms with Gasteiger partial charge in [-0.05, 0) is 5.56 Å². The molecule has 0 aliphatic heterocycles. The molecule has 1 rings (SSSR count). The van der Waals surface area contributed by atoms with Gasteiger partial charge in [0, 0.05) is 0 Å². The zero-order valence-corrected chi connectivity index (χ0v) is 10.6. The quantitative estimate of drug-likeness (QED) is 0.561. The van der Waals surface area contributed by atoms with Gasteiger partial charge in [0.2, 0.25) is 0 Å². The fraction of sp³-hybridized carbons (Fsp3) is 0.308. The van der Waals surface area contributed by atoms with Crippen LogP contribution in [0.3, 0.4) is 0 Å². The molecule has 1 aromatic carbocycles. The maximum atomic E-state index is 11.8. The van der Waals surface area contributed by atoms with Crippen LogP contribution in [0, 0.1) is 0 Å². The molecular weight excluding hydrogens is 266 g/mol. The van der Waals surface area contributed by atoms with Crippen LogP contribution in [0.4, 0.5) is 4.79 Å². The molecule has 2 N–H and O–H groups in total. The highest BCUT2D eigenvalue weighted by atomic mass is 16.6. The predicted molar refractivity (Wildman–Crippen MR) is 67.7 cm³/mol. The number of hydrogen-bond donors (Lipinski definition) is 2. The van der Waals surface area contributed by atoms with Gasteiger partial charge in [0.05, 0.1) is 7.79 Å². The van der Waals surface area contributed by atoms with Gasteiger partial charge in [-0.15, -0.1) is 0 Å². The van der Waals surface area contributed by atoms with E-state index in [1.54, 1.807) is 30.3 Å². The van der Waals surface area contributed by atoms with Gasteiger partial charge in [0.1, 0.15) is 25.6 Å². The number of rotatable bonds is 7. The van der Waals surface area contributed by atoms with Gasteiger partial charge in [-0.3, -0.25) is 9.69 Å². The normalized spacial score (nSPS) is 13.8. The Morgan fingerprint density at radius 1 is 1.40 bits per heavy atom. The molecule has 0 bridgehead atoms. The number of aliphatic hydroxyl groups excluding tert-OH is 1. The molecule has 1 aromatic rings. The molecule has 0 radical (unpaired) electrons. The van der Waals surface area contributed by atoms with Crippen LogP contribution in [0.15, 0.2) is 30.3 Å². The van der Waals surface area contributed by atoms with Crippen LogP contribution in [-0.2, 0) is 20.9 Å². The van der Waals surface area contributed by atoms with Crippen LogP contribution >= 0.6 is 0 Å². The lowest BCUT2D eigenvalue weighted by Gasteiger charge is -2.24. The van der Waals surface area contributed by atoms with Crippen molar-refractivity contribution in [3.05, 3.63) is 35.9 Å². The van der Waals surface area contributed by atoms with E-state index in [2.05, 4.69) is 0 Å². The van der Waals surface area contributed by atoms with Gasteiger partial charge in [0.25, 0.3) is 0 Å². The number of aliphatic carboxylic acids is 1. The molecule has 0 spiro atoms. The monoisotopic (exact) mass is 282 g/mol. The van der Waals surface area contributed by atoms with Crippen molar-refractivity contribution in [3.63, 3.8) is 0 Å². The van der Waals surface area contributed by atoms with E-state index in [4.69, 9.17) is 16.3 Å². The number of carbonyl (C=O) groups is 3. The Kier molecular flexibility index (Phi) is 5.53. The summed E-state index contributed by atoms with van der Waals surface area (Å²) in [4.78, 5) is 33.7. The van der Waals surface area contributed by atoms with Crippen molar-refractivity contribution in [3.8, 4) is 0 Å². The van der Waals surface area contributed by atoms with Crippen LogP contribution in [0.25, 0.3) is 0 Å². The summed E-state index contributed by atoms with van der Waals surface area (Å²) in [7, 11) is 0. The van der Waals surface area contributed by atoms with Crippen molar-refractivity contribution < 1.29 is 30.7 Å². The lowest BCUT2D eigenvalue weighted by atomic mass is 10.2. The summed E-state index contributed by atoms with van der Waals surface area (Å²) in [6.45, 7) is -1.14. The van der Waals surface area contributed by atoms with E-state index in [0.29, 0.717) is 10.5 Å². The Morgan fingerprint density at radius 3 is 2.55 bits per heavy atom. The fourth-order valence-electron chi connectivity index (χ4n) is 1.42. The number of hydrogen-bond acceptors (Lipinski definition) is 5. The Hall–Kier alpha value is -2.41. The van der Waals surface area contributed by atoms with Crippen molar-refractivity contribution >= 4 is 18.3 Å². The number of ether oxygens (including phenoxy) is 1. The first-order valence-corrected chi connectivity index (χ1v) is 5.70. The minimum Gasteiger partial charge on any atom is -0.481 e. The summed E-state index contributed by atoms with van der Waals surface area (Å²) < 4.78 is 12.6. The topological polar surface area (TPSA) is 104 Å². The van der Waals surface area contributed by atoms with Gasteiger partial charge in [-0.1, -0.05) is 30.3 Å². The Balaban J connectivity index is 2.76. The highest BCUT2D eigenvalue weighted by Gasteiger charge is 2.26. The second-order valence-corrected chi connectivity index (χ2v) is 3.79. The zero-order valence-electron chi connectivity index (χ0n) is 11.6. The first kappa shape index (κ1) is 14.0. The number of carbonyl (C=O) groups excluding carboxylic acids is 2. The maximum Gasteiger partial charge on any atom is 0.412 e. The maximum absolute atomic E-state index is 11.8. The molecule has 108 valence electrons. The van der Waals surface area contributed by atoms with E-state index >= 15 is 0 Å². The van der Waals surface area contributed by atoms with Gasteiger partial charge in [-0.25, -0.2) is 4.79 Å². The summed E-state index contributed by atoms with van der Waals surface area (Å²) in [6, 6.07) is 6.21. The summed E-state index contributed by atoms with van der Waals surface area (Å²) in [6.07, 6.45) is -2.14. The van der Waals surface area contributed by atoms with E-state index in [0.717, 1.165) is 0 Å². The van der Waals surface area contributed by atoms with Crippen LogP contribution in [-0.4, -0.2) is 46.2 Å². The van der Waals surface area contributed by atoms with Crippen LogP contribution in [0.1, 0.15) is 13.4 Å². The molecule has 0 aromatic heterocycles. The molecule has 0 aliphatic rings. The third kappa shape index (κ3) is 4.69. The molecule has 7 heteroatoms. The second-order valence-electron chi connectivity index (χ2n) is 3.79. The van der Waals surface area contributed by atoms with E-state index in [9.17, 15) is 14.4 Å². The molecule has 20 heavy (non-hydrogen) atoms. The Morgan fingerprint density at radius 2 is 2.05 bits per heavy atom. The number of benzene rings is 1. The highest BCUT2D eigenvalue weighted by Crippen LogP contribution is 2.07. The molecule has 0 fully saturated rings. The molecule has 0 saturated heterocycles. The molecule has 0 saturated carbocycles. The summed E-state index contributed by atoms with van der Waals surface area (Å²) in [5.74, 6) is -1.45. The molecule has 1 amide bonds. The number of aldehydes is 1. The van der Waals surface area contributed by atoms with E-state index in [1.807, 2.05) is 0 Å². The predicted octanol–water partition coefficient (Wildman–Crippen LogP) is 0.617. The van der Waals surface area contributed by atoms with Gasteiger partial charge in [0.15, 0.2) is 0 Å². The fourth-order valence-corrected chi connectivity index (χ4v) is 1.42. The number of carboxylic acid groups (broad SMARTS) is 1. The summed E-state index contributed by atoms with van der Waals surface area (Å²) in [5, 5.41) is 17.8. The lowest BCUT2D eigenvalue weighted by Crippen LogP contribution is -2.43. The lowest BCUT2D eigenvalue weighted by molar-refractivity contribution is -0.139. The summed E-state index contributed by atoms with van der Waals surface area (Å²) in [5.41, 5.74) is 0.670. The van der Waals surface area contributed by atoms with Gasteiger partial charge < -0.3 is 19.7 Å². The average Bonchev–Trinajstić information content (AvgIpc) is 2.46. The smallest absolute Gasteiger partial charge is 0.412 e. The van der Waals surface area contributed by atoms with E-state index in [1.165, 1.54) is 0 Å². The Labute approximate surface area is 116 Å². The molecule has 0 heterocycles. The number of aliphatic hydroxyl groups is 1. The van der Waals surface area contributed by atoms with E-state index in [-0.39, 0.29) is 12.9 Å². The van der Waals surface area contributed by atoms with Crippen molar-refractivity contribution in [2.75, 3.05) is 6.73 Å². The number of carboxylic acids is 1.